The molecule has 0 atom stereocenters. The van der Waals surface area contributed by atoms with E-state index < -0.39 is 4.92 Å². The molecule has 5 nitrogen and oxygen atoms in total. The maximum absolute atomic E-state index is 10.7. The number of fused-ring (bicyclic) bond motifs is 1. The Morgan fingerprint density at radius 2 is 2.29 bits per heavy atom. The molecule has 0 amide bonds. The second kappa shape index (κ2) is 2.95. The average molecular weight is 212 g/mol. The fourth-order valence-electron chi connectivity index (χ4n) is 1.35. The normalized spacial score (nSPS) is 10.7. The van der Waals surface area contributed by atoms with Crippen LogP contribution in [0.25, 0.3) is 11.0 Å². The molecular formula is C8H6ClN3O2. The number of aromatic nitrogens is 2. The summed E-state index contributed by atoms with van der Waals surface area (Å²) in [6, 6.07) is 3.24. The molecular weight excluding hydrogens is 206 g/mol. The highest BCUT2D eigenvalue weighted by Crippen LogP contribution is 2.26. The first-order chi connectivity index (χ1) is 6.58. The van der Waals surface area contributed by atoms with Gasteiger partial charge in [0.25, 0.3) is 5.69 Å². The summed E-state index contributed by atoms with van der Waals surface area (Å²) in [7, 11) is 0. The van der Waals surface area contributed by atoms with Gasteiger partial charge >= 0.3 is 0 Å². The predicted octanol–water partition coefficient (Wildman–Crippen LogP) is 2.43. The number of nitrogens with one attached hydrogen (secondary N) is 1. The van der Waals surface area contributed by atoms with Crippen LogP contribution in [0.1, 0.15) is 5.56 Å². The summed E-state index contributed by atoms with van der Waals surface area (Å²) >= 11 is 5.62. The van der Waals surface area contributed by atoms with E-state index in [0.29, 0.717) is 11.0 Å². The van der Waals surface area contributed by atoms with E-state index in [9.17, 15) is 10.1 Å². The molecule has 2 rings (SSSR count). The Morgan fingerprint density at radius 3 is 2.93 bits per heavy atom. The molecule has 0 radical (unpaired) electrons. The van der Waals surface area contributed by atoms with Crippen LogP contribution < -0.4 is 0 Å². The van der Waals surface area contributed by atoms with Gasteiger partial charge in [0.05, 0.1) is 10.4 Å². The van der Waals surface area contributed by atoms with Gasteiger partial charge in [-0.1, -0.05) is 0 Å². The molecule has 2 aromatic rings. The molecule has 0 fully saturated rings. The second-order valence-corrected chi connectivity index (χ2v) is 3.32. The minimum absolute atomic E-state index is 0.0249. The average Bonchev–Trinajstić information content (AvgIpc) is 2.42. The lowest BCUT2D eigenvalue weighted by Gasteiger charge is -1.94. The fraction of sp³-hybridized carbons (Fsp3) is 0.125. The molecule has 6 heteroatoms. The van der Waals surface area contributed by atoms with Gasteiger partial charge in [-0.2, -0.15) is 0 Å². The molecule has 0 saturated carbocycles. The lowest BCUT2D eigenvalue weighted by Crippen LogP contribution is -1.90. The lowest BCUT2D eigenvalue weighted by molar-refractivity contribution is -0.383. The number of nitro groups is 1. The van der Waals surface area contributed by atoms with E-state index in [-0.39, 0.29) is 11.0 Å². The first-order valence-electron chi connectivity index (χ1n) is 3.88. The van der Waals surface area contributed by atoms with Crippen molar-refractivity contribution < 1.29 is 4.92 Å². The number of hydrogen-bond donors (Lipinski definition) is 1. The van der Waals surface area contributed by atoms with E-state index in [1.165, 1.54) is 6.07 Å². The number of H-pyrrole nitrogens is 1. The number of nitrogens with zero attached hydrogens (tertiary/aromatic N) is 2. The van der Waals surface area contributed by atoms with Gasteiger partial charge in [-0.15, -0.1) is 0 Å². The third-order valence-electron chi connectivity index (χ3n) is 1.88. The molecule has 14 heavy (non-hydrogen) atoms. The number of aromatic amines is 1. The molecule has 0 aliphatic rings. The molecule has 0 aliphatic heterocycles. The third-order valence-corrected chi connectivity index (χ3v) is 2.06. The van der Waals surface area contributed by atoms with Crippen molar-refractivity contribution in [2.45, 2.75) is 6.92 Å². The molecule has 0 aliphatic carbocycles. The molecule has 72 valence electrons. The highest BCUT2D eigenvalue weighted by Gasteiger charge is 2.16. The number of halogens is 1. The standard InChI is InChI=1S/C8H6ClN3O2/c1-4-2-5-7(11-8(9)10-5)6(3-4)12(13)14/h2-3H,1H3,(H,10,11). The zero-order valence-corrected chi connectivity index (χ0v) is 8.00. The fourth-order valence-corrected chi connectivity index (χ4v) is 1.54. The zero-order chi connectivity index (χ0) is 10.3. The van der Waals surface area contributed by atoms with Crippen molar-refractivity contribution in [1.82, 2.24) is 9.97 Å². The van der Waals surface area contributed by atoms with Gasteiger partial charge < -0.3 is 4.98 Å². The quantitative estimate of drug-likeness (QED) is 0.582. The van der Waals surface area contributed by atoms with Crippen molar-refractivity contribution in [2.75, 3.05) is 0 Å². The number of nitro benzene ring substituents is 1. The molecule has 0 unspecified atom stereocenters. The largest absolute Gasteiger partial charge is 0.328 e. The summed E-state index contributed by atoms with van der Waals surface area (Å²) in [5, 5.41) is 10.8. The van der Waals surface area contributed by atoms with E-state index >= 15 is 0 Å². The number of imidazole rings is 1. The van der Waals surface area contributed by atoms with Crippen molar-refractivity contribution in [3.05, 3.63) is 33.1 Å². The molecule has 1 heterocycles. The Kier molecular flexibility index (Phi) is 1.89. The molecule has 1 aromatic heterocycles. The van der Waals surface area contributed by atoms with Gasteiger partial charge in [0, 0.05) is 6.07 Å². The van der Waals surface area contributed by atoms with Crippen molar-refractivity contribution in [2.24, 2.45) is 0 Å². The topological polar surface area (TPSA) is 71.8 Å². The summed E-state index contributed by atoms with van der Waals surface area (Å²) in [6.45, 7) is 1.78. The second-order valence-electron chi connectivity index (χ2n) is 2.96. The van der Waals surface area contributed by atoms with Crippen LogP contribution in [0.2, 0.25) is 5.28 Å². The molecule has 1 aromatic carbocycles. The Labute approximate surface area is 83.9 Å². The minimum atomic E-state index is -0.466. The first kappa shape index (κ1) is 8.96. The van der Waals surface area contributed by atoms with Crippen LogP contribution in [0, 0.1) is 17.0 Å². The first-order valence-corrected chi connectivity index (χ1v) is 4.26. The Hall–Kier alpha value is -1.62. The number of benzene rings is 1. The minimum Gasteiger partial charge on any atom is -0.328 e. The van der Waals surface area contributed by atoms with Gasteiger partial charge in [-0.05, 0) is 30.2 Å². The monoisotopic (exact) mass is 211 g/mol. The number of hydrogen-bond acceptors (Lipinski definition) is 3. The highest BCUT2D eigenvalue weighted by molar-refractivity contribution is 6.29. The maximum Gasteiger partial charge on any atom is 0.297 e. The van der Waals surface area contributed by atoms with Crippen molar-refractivity contribution in [1.29, 1.82) is 0 Å². The van der Waals surface area contributed by atoms with E-state index in [4.69, 9.17) is 11.6 Å². The summed E-state index contributed by atoms with van der Waals surface area (Å²) in [6.07, 6.45) is 0. The van der Waals surface area contributed by atoms with Crippen molar-refractivity contribution in [3.63, 3.8) is 0 Å². The summed E-state index contributed by atoms with van der Waals surface area (Å²) in [5.74, 6) is 0. The van der Waals surface area contributed by atoms with Crippen LogP contribution in [0.4, 0.5) is 5.69 Å². The number of aryl methyl sites for hydroxylation is 1. The van der Waals surface area contributed by atoms with E-state index in [1.54, 1.807) is 13.0 Å². The summed E-state index contributed by atoms with van der Waals surface area (Å²) in [4.78, 5) is 16.8. The predicted molar refractivity (Wildman–Crippen MR) is 52.5 cm³/mol. The van der Waals surface area contributed by atoms with Gasteiger partial charge in [0.1, 0.15) is 0 Å². The highest BCUT2D eigenvalue weighted by atomic mass is 35.5. The van der Waals surface area contributed by atoms with Gasteiger partial charge in [-0.3, -0.25) is 10.1 Å². The summed E-state index contributed by atoms with van der Waals surface area (Å²) < 4.78 is 0. The third kappa shape index (κ3) is 1.31. The van der Waals surface area contributed by atoms with Gasteiger partial charge in [0.2, 0.25) is 5.28 Å². The Balaban J connectivity index is 2.85. The van der Waals surface area contributed by atoms with E-state index in [0.717, 1.165) is 5.56 Å². The maximum atomic E-state index is 10.7. The smallest absolute Gasteiger partial charge is 0.297 e. The SMILES string of the molecule is Cc1cc([N+](=O)[O-])c2nc(Cl)[nH]c2c1. The van der Waals surface area contributed by atoms with Crippen LogP contribution in [0.15, 0.2) is 12.1 Å². The zero-order valence-electron chi connectivity index (χ0n) is 7.24. The van der Waals surface area contributed by atoms with Crippen LogP contribution in [-0.2, 0) is 0 Å². The Morgan fingerprint density at radius 1 is 1.57 bits per heavy atom. The molecule has 0 spiro atoms. The summed E-state index contributed by atoms with van der Waals surface area (Å²) in [5.41, 5.74) is 1.65. The Bertz CT molecular complexity index is 521. The van der Waals surface area contributed by atoms with Gasteiger partial charge in [-0.25, -0.2) is 4.98 Å². The lowest BCUT2D eigenvalue weighted by atomic mass is 10.2. The van der Waals surface area contributed by atoms with Crippen LogP contribution in [-0.4, -0.2) is 14.9 Å². The van der Waals surface area contributed by atoms with Gasteiger partial charge in [0.15, 0.2) is 5.52 Å². The van der Waals surface area contributed by atoms with Crippen LogP contribution >= 0.6 is 11.6 Å². The number of non-ortho nitro benzene ring substituents is 1. The number of rotatable bonds is 1. The van der Waals surface area contributed by atoms with Crippen LogP contribution in [0.3, 0.4) is 0 Å². The van der Waals surface area contributed by atoms with Crippen molar-refractivity contribution in [3.8, 4) is 0 Å². The molecule has 1 N–H and O–H groups in total. The van der Waals surface area contributed by atoms with E-state index in [2.05, 4.69) is 9.97 Å². The van der Waals surface area contributed by atoms with E-state index in [1.807, 2.05) is 0 Å². The van der Waals surface area contributed by atoms with Crippen molar-refractivity contribution >= 4 is 28.3 Å². The van der Waals surface area contributed by atoms with Crippen LogP contribution in [0.5, 0.6) is 0 Å². The molecule has 0 saturated heterocycles. The molecule has 0 bridgehead atoms.